The SMILES string of the molecule is O=C1/C(=C\c2c(F)cccc2Cl)Oc2cc(OCc3ccccc3)ccc21. The minimum absolute atomic E-state index is 0.0252. The maximum Gasteiger partial charge on any atom is 0.231 e. The second kappa shape index (κ2) is 7.25. The van der Waals surface area contributed by atoms with Crippen LogP contribution in [-0.2, 0) is 6.61 Å². The van der Waals surface area contributed by atoms with Gasteiger partial charge in [0, 0.05) is 11.6 Å². The first kappa shape index (κ1) is 17.3. The lowest BCUT2D eigenvalue weighted by molar-refractivity contribution is 0.101. The van der Waals surface area contributed by atoms with Gasteiger partial charge in [-0.25, -0.2) is 4.39 Å². The average Bonchev–Trinajstić information content (AvgIpc) is 2.99. The molecule has 0 spiro atoms. The number of rotatable bonds is 4. The molecule has 0 aromatic heterocycles. The monoisotopic (exact) mass is 380 g/mol. The molecule has 0 bridgehead atoms. The number of carbonyl (C=O) groups is 1. The first-order valence-electron chi connectivity index (χ1n) is 8.31. The van der Waals surface area contributed by atoms with Crippen LogP contribution in [0.25, 0.3) is 6.08 Å². The van der Waals surface area contributed by atoms with Crippen molar-refractivity contribution in [3.05, 3.63) is 100 Å². The highest BCUT2D eigenvalue weighted by molar-refractivity contribution is 6.32. The summed E-state index contributed by atoms with van der Waals surface area (Å²) in [6.07, 6.45) is 1.32. The Balaban J connectivity index is 1.56. The van der Waals surface area contributed by atoms with Crippen LogP contribution >= 0.6 is 11.6 Å². The first-order chi connectivity index (χ1) is 13.1. The Kier molecular flexibility index (Phi) is 4.65. The van der Waals surface area contributed by atoms with Gasteiger partial charge in [0.1, 0.15) is 23.9 Å². The Morgan fingerprint density at radius 3 is 2.63 bits per heavy atom. The zero-order valence-corrected chi connectivity index (χ0v) is 14.9. The van der Waals surface area contributed by atoms with E-state index in [1.54, 1.807) is 24.3 Å². The average molecular weight is 381 g/mol. The molecule has 0 amide bonds. The minimum atomic E-state index is -0.519. The molecule has 5 heteroatoms. The van der Waals surface area contributed by atoms with Gasteiger partial charge in [-0.05, 0) is 35.9 Å². The van der Waals surface area contributed by atoms with E-state index in [9.17, 15) is 9.18 Å². The van der Waals surface area contributed by atoms with Crippen LogP contribution in [-0.4, -0.2) is 5.78 Å². The van der Waals surface area contributed by atoms with E-state index in [0.717, 1.165) is 5.56 Å². The van der Waals surface area contributed by atoms with E-state index in [1.165, 1.54) is 18.2 Å². The van der Waals surface area contributed by atoms with Crippen molar-refractivity contribution in [2.45, 2.75) is 6.61 Å². The lowest BCUT2D eigenvalue weighted by Crippen LogP contribution is -1.99. The number of benzene rings is 3. The van der Waals surface area contributed by atoms with Gasteiger partial charge in [-0.3, -0.25) is 4.79 Å². The molecule has 134 valence electrons. The van der Waals surface area contributed by atoms with Crippen LogP contribution in [0.5, 0.6) is 11.5 Å². The fourth-order valence-corrected chi connectivity index (χ4v) is 3.00. The fourth-order valence-electron chi connectivity index (χ4n) is 2.78. The summed E-state index contributed by atoms with van der Waals surface area (Å²) in [5, 5.41) is 0.210. The van der Waals surface area contributed by atoms with Gasteiger partial charge in [0.15, 0.2) is 5.76 Å². The second-order valence-electron chi connectivity index (χ2n) is 6.01. The molecule has 0 saturated heterocycles. The zero-order valence-electron chi connectivity index (χ0n) is 14.1. The van der Waals surface area contributed by atoms with Crippen LogP contribution in [0, 0.1) is 5.82 Å². The molecule has 0 atom stereocenters. The van der Waals surface area contributed by atoms with Gasteiger partial charge >= 0.3 is 0 Å². The Labute approximate surface area is 160 Å². The smallest absolute Gasteiger partial charge is 0.231 e. The number of halogens is 2. The van der Waals surface area contributed by atoms with Crippen molar-refractivity contribution >= 4 is 23.5 Å². The molecule has 0 aliphatic carbocycles. The van der Waals surface area contributed by atoms with E-state index < -0.39 is 5.82 Å². The molecule has 0 N–H and O–H groups in total. The Hall–Kier alpha value is -3.11. The Bertz CT molecular complexity index is 1020. The van der Waals surface area contributed by atoms with Crippen molar-refractivity contribution in [1.82, 2.24) is 0 Å². The molecule has 3 aromatic rings. The van der Waals surface area contributed by atoms with Crippen LogP contribution in [0.3, 0.4) is 0 Å². The summed E-state index contributed by atoms with van der Waals surface area (Å²) in [5.41, 5.74) is 1.56. The predicted octanol–water partition coefficient (Wildman–Crippen LogP) is 5.67. The summed E-state index contributed by atoms with van der Waals surface area (Å²) < 4.78 is 25.4. The van der Waals surface area contributed by atoms with E-state index in [1.807, 2.05) is 30.3 Å². The number of ether oxygens (including phenoxy) is 2. The number of ketones is 1. The van der Waals surface area contributed by atoms with Crippen molar-refractivity contribution < 1.29 is 18.7 Å². The van der Waals surface area contributed by atoms with Gasteiger partial charge in [0.05, 0.1) is 10.6 Å². The van der Waals surface area contributed by atoms with E-state index in [-0.39, 0.29) is 22.1 Å². The highest BCUT2D eigenvalue weighted by atomic mass is 35.5. The molecule has 0 unspecified atom stereocenters. The third kappa shape index (κ3) is 3.57. The summed E-state index contributed by atoms with van der Waals surface area (Å²) in [6, 6.07) is 19.1. The van der Waals surface area contributed by atoms with Crippen molar-refractivity contribution in [3.8, 4) is 11.5 Å². The Morgan fingerprint density at radius 2 is 1.85 bits per heavy atom. The van der Waals surface area contributed by atoms with Gasteiger partial charge in [-0.2, -0.15) is 0 Å². The number of allylic oxidation sites excluding steroid dienone is 1. The third-order valence-electron chi connectivity index (χ3n) is 4.16. The van der Waals surface area contributed by atoms with Crippen molar-refractivity contribution in [2.75, 3.05) is 0 Å². The normalized spacial score (nSPS) is 14.1. The minimum Gasteiger partial charge on any atom is -0.489 e. The van der Waals surface area contributed by atoms with Crippen LogP contribution in [0.2, 0.25) is 5.02 Å². The summed E-state index contributed by atoms with van der Waals surface area (Å²) in [7, 11) is 0. The molecule has 3 nitrogen and oxygen atoms in total. The molecule has 1 heterocycles. The standard InChI is InChI=1S/C22H14ClFO3/c23-18-7-4-8-19(24)17(18)12-21-22(25)16-10-9-15(11-20(16)27-21)26-13-14-5-2-1-3-6-14/h1-12H,13H2/b21-12+. The molecule has 1 aliphatic heterocycles. The molecule has 0 saturated carbocycles. The van der Waals surface area contributed by atoms with Crippen LogP contribution in [0.1, 0.15) is 21.5 Å². The summed E-state index contributed by atoms with van der Waals surface area (Å²) in [6.45, 7) is 0.404. The van der Waals surface area contributed by atoms with Gasteiger partial charge in [-0.1, -0.05) is 48.0 Å². The Morgan fingerprint density at radius 1 is 1.04 bits per heavy atom. The molecule has 0 fully saturated rings. The van der Waals surface area contributed by atoms with E-state index in [0.29, 0.717) is 23.7 Å². The summed E-state index contributed by atoms with van der Waals surface area (Å²) >= 11 is 6.02. The fraction of sp³-hybridized carbons (Fsp3) is 0.0455. The van der Waals surface area contributed by atoms with Gasteiger partial charge in [0.2, 0.25) is 5.78 Å². The maximum absolute atomic E-state index is 14.0. The second-order valence-corrected chi connectivity index (χ2v) is 6.41. The van der Waals surface area contributed by atoms with E-state index in [2.05, 4.69) is 0 Å². The van der Waals surface area contributed by atoms with E-state index >= 15 is 0 Å². The number of hydrogen-bond acceptors (Lipinski definition) is 3. The third-order valence-corrected chi connectivity index (χ3v) is 4.49. The van der Waals surface area contributed by atoms with Gasteiger partial charge in [0.25, 0.3) is 0 Å². The molecular weight excluding hydrogens is 367 g/mol. The highest BCUT2D eigenvalue weighted by Gasteiger charge is 2.28. The number of fused-ring (bicyclic) bond motifs is 1. The van der Waals surface area contributed by atoms with Crippen LogP contribution in [0.15, 0.2) is 72.5 Å². The van der Waals surface area contributed by atoms with E-state index in [4.69, 9.17) is 21.1 Å². The maximum atomic E-state index is 14.0. The summed E-state index contributed by atoms with van der Waals surface area (Å²) in [4.78, 5) is 12.5. The van der Waals surface area contributed by atoms with Crippen LogP contribution < -0.4 is 9.47 Å². The largest absolute Gasteiger partial charge is 0.489 e. The first-order valence-corrected chi connectivity index (χ1v) is 8.68. The number of carbonyl (C=O) groups excluding carboxylic acids is 1. The molecule has 4 rings (SSSR count). The molecule has 1 aliphatic rings. The molecular formula is C22H14ClFO3. The lowest BCUT2D eigenvalue weighted by Gasteiger charge is -2.07. The van der Waals surface area contributed by atoms with Gasteiger partial charge < -0.3 is 9.47 Å². The summed E-state index contributed by atoms with van der Waals surface area (Å²) in [5.74, 6) is 0.144. The molecule has 0 radical (unpaired) electrons. The number of Topliss-reactive ketones (excluding diaryl/α,β-unsaturated/α-hetero) is 1. The number of hydrogen-bond donors (Lipinski definition) is 0. The lowest BCUT2D eigenvalue weighted by atomic mass is 10.1. The van der Waals surface area contributed by atoms with Crippen molar-refractivity contribution in [3.63, 3.8) is 0 Å². The van der Waals surface area contributed by atoms with Crippen molar-refractivity contribution in [2.24, 2.45) is 0 Å². The molecule has 3 aromatic carbocycles. The van der Waals surface area contributed by atoms with Crippen molar-refractivity contribution in [1.29, 1.82) is 0 Å². The van der Waals surface area contributed by atoms with Gasteiger partial charge in [-0.15, -0.1) is 0 Å². The van der Waals surface area contributed by atoms with Crippen LogP contribution in [0.4, 0.5) is 4.39 Å². The predicted molar refractivity (Wildman–Crippen MR) is 102 cm³/mol. The topological polar surface area (TPSA) is 35.5 Å². The zero-order chi connectivity index (χ0) is 18.8. The highest BCUT2D eigenvalue weighted by Crippen LogP contribution is 2.36. The quantitative estimate of drug-likeness (QED) is 0.547. The molecule has 27 heavy (non-hydrogen) atoms.